The summed E-state index contributed by atoms with van der Waals surface area (Å²) in [6, 6.07) is 12.3. The highest BCUT2D eigenvalue weighted by Gasteiger charge is 2.41. The summed E-state index contributed by atoms with van der Waals surface area (Å²) in [5, 5.41) is 8.48. The van der Waals surface area contributed by atoms with Crippen molar-refractivity contribution in [1.82, 2.24) is 15.0 Å². The van der Waals surface area contributed by atoms with Gasteiger partial charge in [-0.05, 0) is 30.3 Å². The number of rotatable bonds is 2. The Hall–Kier alpha value is -3.20. The molecule has 5 rings (SSSR count). The number of carbonyl (C=O) groups is 1. The number of hydrogen-bond acceptors (Lipinski definition) is 6. The second-order valence-corrected chi connectivity index (χ2v) is 8.34. The number of amides is 1. The maximum atomic E-state index is 12.5. The smallest absolute Gasteiger partial charge is 0.242 e. The van der Waals surface area contributed by atoms with Crippen LogP contribution in [0.15, 0.2) is 47.4 Å². The number of carbonyl (C=O) groups excluding carboxylic acids is 1. The summed E-state index contributed by atoms with van der Waals surface area (Å²) in [5.41, 5.74) is 3.13. The Labute approximate surface area is 154 Å². The molecule has 0 fully saturated rings. The van der Waals surface area contributed by atoms with Crippen LogP contribution in [0.1, 0.15) is 5.69 Å². The molecule has 2 aliphatic heterocycles. The predicted molar refractivity (Wildman–Crippen MR) is 96.6 cm³/mol. The molecule has 3 heterocycles. The van der Waals surface area contributed by atoms with E-state index in [-0.39, 0.29) is 11.4 Å². The zero-order valence-electron chi connectivity index (χ0n) is 14.3. The van der Waals surface area contributed by atoms with Gasteiger partial charge in [0.2, 0.25) is 5.91 Å². The number of aromatic nitrogens is 3. The molecule has 1 aromatic heterocycles. The summed E-state index contributed by atoms with van der Waals surface area (Å²) < 4.78 is 31.8. The van der Waals surface area contributed by atoms with Crippen molar-refractivity contribution in [3.63, 3.8) is 0 Å². The van der Waals surface area contributed by atoms with E-state index in [1.807, 2.05) is 24.3 Å². The molecule has 0 N–H and O–H groups in total. The summed E-state index contributed by atoms with van der Waals surface area (Å²) >= 11 is 0. The Morgan fingerprint density at radius 2 is 1.89 bits per heavy atom. The molecule has 9 heteroatoms. The van der Waals surface area contributed by atoms with Gasteiger partial charge < -0.3 is 9.64 Å². The largest absolute Gasteiger partial charge is 0.497 e. The molecule has 0 aliphatic carbocycles. The van der Waals surface area contributed by atoms with Crippen molar-refractivity contribution in [1.29, 1.82) is 0 Å². The topological polar surface area (TPSA) is 94.4 Å². The van der Waals surface area contributed by atoms with Gasteiger partial charge in [0.25, 0.3) is 0 Å². The lowest BCUT2D eigenvalue weighted by atomic mass is 10.0. The van der Waals surface area contributed by atoms with Crippen LogP contribution >= 0.6 is 0 Å². The van der Waals surface area contributed by atoms with E-state index in [1.54, 1.807) is 30.0 Å². The second-order valence-electron chi connectivity index (χ2n) is 6.39. The number of sulfone groups is 1. The van der Waals surface area contributed by atoms with Crippen LogP contribution in [-0.4, -0.2) is 42.2 Å². The molecule has 0 saturated carbocycles. The van der Waals surface area contributed by atoms with Crippen LogP contribution in [0.3, 0.4) is 0 Å². The van der Waals surface area contributed by atoms with Gasteiger partial charge in [-0.2, -0.15) is 0 Å². The molecule has 1 amide bonds. The molecular weight excluding hydrogens is 368 g/mol. The molecule has 8 nitrogen and oxygen atoms in total. The van der Waals surface area contributed by atoms with Crippen molar-refractivity contribution < 1.29 is 17.9 Å². The summed E-state index contributed by atoms with van der Waals surface area (Å²) in [4.78, 5) is 14.1. The monoisotopic (exact) mass is 382 g/mol. The van der Waals surface area contributed by atoms with Gasteiger partial charge in [0.15, 0.2) is 9.84 Å². The van der Waals surface area contributed by atoms with Crippen molar-refractivity contribution in [2.24, 2.45) is 0 Å². The molecule has 136 valence electrons. The summed E-state index contributed by atoms with van der Waals surface area (Å²) in [7, 11) is -2.06. The number of ether oxygens (including phenoxy) is 1. The average molecular weight is 382 g/mol. The Morgan fingerprint density at radius 3 is 2.63 bits per heavy atom. The van der Waals surface area contributed by atoms with Crippen LogP contribution < -0.4 is 9.64 Å². The first-order valence-electron chi connectivity index (χ1n) is 8.25. The first-order chi connectivity index (χ1) is 13.0. The molecule has 0 saturated heterocycles. The fraction of sp³-hybridized carbons (Fsp3) is 0.167. The highest BCUT2D eigenvalue weighted by atomic mass is 32.2. The van der Waals surface area contributed by atoms with Gasteiger partial charge in [-0.1, -0.05) is 17.3 Å². The fourth-order valence-corrected chi connectivity index (χ4v) is 5.03. The summed E-state index contributed by atoms with van der Waals surface area (Å²) in [6.07, 6.45) is 0. The maximum absolute atomic E-state index is 12.5. The molecular formula is C18H14N4O4S. The Balaban J connectivity index is 1.76. The minimum atomic E-state index is -3.65. The third-order valence-electron chi connectivity index (χ3n) is 4.84. The number of para-hydroxylation sites is 1. The number of benzene rings is 2. The second kappa shape index (κ2) is 5.40. The van der Waals surface area contributed by atoms with E-state index in [1.165, 1.54) is 4.90 Å². The zero-order valence-corrected chi connectivity index (χ0v) is 15.1. The first kappa shape index (κ1) is 16.0. The van der Waals surface area contributed by atoms with E-state index in [4.69, 9.17) is 4.74 Å². The lowest BCUT2D eigenvalue weighted by molar-refractivity contribution is -0.116. The number of fused-ring (bicyclic) bond motifs is 2. The normalized spacial score (nSPS) is 16.6. The molecule has 2 aliphatic rings. The third kappa shape index (κ3) is 2.21. The van der Waals surface area contributed by atoms with E-state index in [0.29, 0.717) is 28.4 Å². The molecule has 27 heavy (non-hydrogen) atoms. The van der Waals surface area contributed by atoms with Crippen molar-refractivity contribution in [3.8, 4) is 22.7 Å². The highest BCUT2D eigenvalue weighted by Crippen LogP contribution is 2.45. The van der Waals surface area contributed by atoms with E-state index in [0.717, 1.165) is 5.69 Å². The molecule has 2 aromatic carbocycles. The van der Waals surface area contributed by atoms with Gasteiger partial charge in [-0.25, -0.2) is 13.1 Å². The SMILES string of the molecule is COc1ccc(-n2nnc3c2-c2cccc4c2N(C3)C(=O)CS4(=O)=O)cc1. The third-order valence-corrected chi connectivity index (χ3v) is 6.47. The Kier molecular flexibility index (Phi) is 3.20. The maximum Gasteiger partial charge on any atom is 0.242 e. The Bertz CT molecular complexity index is 1200. The van der Waals surface area contributed by atoms with Gasteiger partial charge >= 0.3 is 0 Å². The summed E-state index contributed by atoms with van der Waals surface area (Å²) in [6.45, 7) is 0.198. The van der Waals surface area contributed by atoms with E-state index in [9.17, 15) is 13.2 Å². The zero-order chi connectivity index (χ0) is 18.8. The predicted octanol–water partition coefficient (Wildman–Crippen LogP) is 1.58. The van der Waals surface area contributed by atoms with Gasteiger partial charge in [0.1, 0.15) is 22.9 Å². The molecule has 0 bridgehead atoms. The quantitative estimate of drug-likeness (QED) is 0.668. The van der Waals surface area contributed by atoms with Crippen LogP contribution in [0.4, 0.5) is 5.69 Å². The minimum Gasteiger partial charge on any atom is -0.497 e. The Morgan fingerprint density at radius 1 is 1.11 bits per heavy atom. The minimum absolute atomic E-state index is 0.174. The van der Waals surface area contributed by atoms with Crippen LogP contribution in [0.25, 0.3) is 16.9 Å². The van der Waals surface area contributed by atoms with Crippen LogP contribution in [0.2, 0.25) is 0 Å². The van der Waals surface area contributed by atoms with Crippen LogP contribution in [0, 0.1) is 0 Å². The van der Waals surface area contributed by atoms with Crippen LogP contribution in [0.5, 0.6) is 5.75 Å². The van der Waals surface area contributed by atoms with E-state index in [2.05, 4.69) is 10.3 Å². The number of nitrogens with zero attached hydrogens (tertiary/aromatic N) is 4. The number of methoxy groups -OCH3 is 1. The molecule has 3 aromatic rings. The standard InChI is InChI=1S/C18H14N4O4S/c1-26-12-7-5-11(6-8-12)22-17-13-3-2-4-15-18(13)21(9-14(17)19-20-22)16(23)10-27(15,24)25/h2-8H,9-10H2,1H3. The molecule has 0 radical (unpaired) electrons. The van der Waals surface area contributed by atoms with Gasteiger partial charge in [-0.15, -0.1) is 5.10 Å². The fourth-order valence-electron chi connectivity index (χ4n) is 3.60. The average Bonchev–Trinajstić information content (AvgIpc) is 3.10. The lowest BCUT2D eigenvalue weighted by Gasteiger charge is -2.33. The van der Waals surface area contributed by atoms with Crippen molar-refractivity contribution in [2.45, 2.75) is 11.4 Å². The molecule has 0 atom stereocenters. The van der Waals surface area contributed by atoms with Crippen molar-refractivity contribution >= 4 is 21.4 Å². The van der Waals surface area contributed by atoms with E-state index >= 15 is 0 Å². The van der Waals surface area contributed by atoms with E-state index < -0.39 is 21.5 Å². The number of hydrogen-bond donors (Lipinski definition) is 0. The van der Waals surface area contributed by atoms with Crippen molar-refractivity contribution in [3.05, 3.63) is 48.2 Å². The van der Waals surface area contributed by atoms with Gasteiger partial charge in [-0.3, -0.25) is 4.79 Å². The highest BCUT2D eigenvalue weighted by molar-refractivity contribution is 7.92. The molecule has 0 unspecified atom stereocenters. The number of anilines is 1. The molecule has 0 spiro atoms. The van der Waals surface area contributed by atoms with Crippen LogP contribution in [-0.2, 0) is 21.2 Å². The van der Waals surface area contributed by atoms with Gasteiger partial charge in [0, 0.05) is 5.56 Å². The first-order valence-corrected chi connectivity index (χ1v) is 9.90. The summed E-state index contributed by atoms with van der Waals surface area (Å²) in [5.74, 6) is -0.252. The lowest BCUT2D eigenvalue weighted by Crippen LogP contribution is -2.42. The van der Waals surface area contributed by atoms with Crippen molar-refractivity contribution in [2.75, 3.05) is 17.8 Å². The van der Waals surface area contributed by atoms with Gasteiger partial charge in [0.05, 0.1) is 29.9 Å².